The number of para-hydroxylation sites is 1. The van der Waals surface area contributed by atoms with Crippen LogP contribution in [0, 0.1) is 5.92 Å². The second-order valence-corrected chi connectivity index (χ2v) is 8.15. The van der Waals surface area contributed by atoms with Gasteiger partial charge in [0, 0.05) is 26.1 Å². The maximum atomic E-state index is 12.5. The van der Waals surface area contributed by atoms with E-state index >= 15 is 0 Å². The number of nitrogens with one attached hydrogen (secondary N) is 1. The van der Waals surface area contributed by atoms with Gasteiger partial charge >= 0.3 is 0 Å². The van der Waals surface area contributed by atoms with Crippen LogP contribution in [0.25, 0.3) is 10.2 Å². The van der Waals surface area contributed by atoms with Crippen molar-refractivity contribution in [2.45, 2.75) is 25.7 Å². The highest BCUT2D eigenvalue weighted by Crippen LogP contribution is 2.22. The van der Waals surface area contributed by atoms with Crippen molar-refractivity contribution in [3.8, 4) is 0 Å². The van der Waals surface area contributed by atoms with E-state index in [2.05, 4.69) is 16.4 Å². The fourth-order valence-corrected chi connectivity index (χ4v) is 4.56. The molecule has 2 aromatic heterocycles. The number of carbonyl (C=O) groups excluding carboxylic acids is 2. The molecule has 3 heterocycles. The van der Waals surface area contributed by atoms with E-state index in [1.165, 1.54) is 11.0 Å². The Bertz CT molecular complexity index is 918. The number of nitrogens with zero attached hydrogens (tertiary/aromatic N) is 2. The number of benzene rings is 1. The molecule has 6 nitrogen and oxygen atoms in total. The molecule has 1 saturated heterocycles. The molecular weight excluding hydrogens is 374 g/mol. The van der Waals surface area contributed by atoms with E-state index in [-0.39, 0.29) is 17.7 Å². The fourth-order valence-electron chi connectivity index (χ4n) is 3.55. The van der Waals surface area contributed by atoms with Gasteiger partial charge in [-0.25, -0.2) is 4.98 Å². The molecule has 0 saturated carbocycles. The Morgan fingerprint density at radius 1 is 1.25 bits per heavy atom. The summed E-state index contributed by atoms with van der Waals surface area (Å²) in [6, 6.07) is 11.5. The van der Waals surface area contributed by atoms with Crippen molar-refractivity contribution in [3.05, 3.63) is 53.4 Å². The SMILES string of the molecule is O=C(NCCCc1nc2ccccc2s1)C1CCCN(C(=O)c2ccco2)C1. The normalized spacial score (nSPS) is 17.0. The van der Waals surface area contributed by atoms with Crippen molar-refractivity contribution in [2.24, 2.45) is 5.92 Å². The molecule has 1 aromatic carbocycles. The summed E-state index contributed by atoms with van der Waals surface area (Å²) in [5, 5.41) is 4.13. The van der Waals surface area contributed by atoms with Crippen LogP contribution in [0.1, 0.15) is 34.8 Å². The van der Waals surface area contributed by atoms with Gasteiger partial charge in [0.25, 0.3) is 5.91 Å². The number of thiazole rings is 1. The van der Waals surface area contributed by atoms with Crippen molar-refractivity contribution >= 4 is 33.4 Å². The van der Waals surface area contributed by atoms with Gasteiger partial charge in [0.2, 0.25) is 5.91 Å². The third-order valence-electron chi connectivity index (χ3n) is 5.02. The zero-order chi connectivity index (χ0) is 19.3. The second kappa shape index (κ2) is 8.56. The molecule has 0 spiro atoms. The number of hydrogen-bond donors (Lipinski definition) is 1. The molecule has 4 rings (SSSR count). The van der Waals surface area contributed by atoms with Crippen LogP contribution in [0.3, 0.4) is 0 Å². The lowest BCUT2D eigenvalue weighted by Gasteiger charge is -2.31. The highest BCUT2D eigenvalue weighted by Gasteiger charge is 2.29. The van der Waals surface area contributed by atoms with Crippen LogP contribution in [0.2, 0.25) is 0 Å². The lowest BCUT2D eigenvalue weighted by Crippen LogP contribution is -2.45. The number of piperidine rings is 1. The predicted octanol–water partition coefficient (Wildman–Crippen LogP) is 3.49. The van der Waals surface area contributed by atoms with Crippen molar-refractivity contribution in [3.63, 3.8) is 0 Å². The van der Waals surface area contributed by atoms with Crippen LogP contribution >= 0.6 is 11.3 Å². The standard InChI is InChI=1S/C21H23N3O3S/c25-20(15-6-4-12-24(14-15)21(26)17-8-5-13-27-17)22-11-3-10-19-23-16-7-1-2-9-18(16)28-19/h1-2,5,7-9,13,15H,3-4,6,10-12,14H2,(H,22,25). The molecule has 3 aromatic rings. The van der Waals surface area contributed by atoms with E-state index in [1.54, 1.807) is 28.4 Å². The number of carbonyl (C=O) groups is 2. The zero-order valence-corrected chi connectivity index (χ0v) is 16.4. The van der Waals surface area contributed by atoms with Crippen LogP contribution in [0.4, 0.5) is 0 Å². The summed E-state index contributed by atoms with van der Waals surface area (Å²) in [7, 11) is 0. The number of likely N-dealkylation sites (tertiary alicyclic amines) is 1. The van der Waals surface area contributed by atoms with Crippen molar-refractivity contribution < 1.29 is 14.0 Å². The van der Waals surface area contributed by atoms with Gasteiger partial charge in [-0.3, -0.25) is 9.59 Å². The van der Waals surface area contributed by atoms with Gasteiger partial charge in [-0.15, -0.1) is 11.3 Å². The Morgan fingerprint density at radius 2 is 2.14 bits per heavy atom. The van der Waals surface area contributed by atoms with Crippen LogP contribution in [0.15, 0.2) is 47.1 Å². The molecular formula is C21H23N3O3S. The summed E-state index contributed by atoms with van der Waals surface area (Å²) in [6.07, 6.45) is 4.84. The highest BCUT2D eigenvalue weighted by atomic mass is 32.1. The molecule has 0 bridgehead atoms. The Morgan fingerprint density at radius 3 is 2.96 bits per heavy atom. The third kappa shape index (κ3) is 4.25. The molecule has 7 heteroatoms. The number of fused-ring (bicyclic) bond motifs is 1. The highest BCUT2D eigenvalue weighted by molar-refractivity contribution is 7.18. The van der Waals surface area contributed by atoms with Gasteiger partial charge in [0.05, 0.1) is 27.4 Å². The van der Waals surface area contributed by atoms with E-state index in [1.807, 2.05) is 18.2 Å². The minimum absolute atomic E-state index is 0.0289. The molecule has 0 aliphatic carbocycles. The number of amides is 2. The third-order valence-corrected chi connectivity index (χ3v) is 6.11. The first-order valence-corrected chi connectivity index (χ1v) is 10.5. The first-order valence-electron chi connectivity index (χ1n) is 9.65. The van der Waals surface area contributed by atoms with E-state index in [9.17, 15) is 9.59 Å². The Kier molecular flexibility index (Phi) is 5.71. The summed E-state index contributed by atoms with van der Waals surface area (Å²) >= 11 is 1.71. The summed E-state index contributed by atoms with van der Waals surface area (Å²) in [5.41, 5.74) is 1.04. The fraction of sp³-hybridized carbons (Fsp3) is 0.381. The minimum atomic E-state index is -0.157. The molecule has 1 atom stereocenters. The largest absolute Gasteiger partial charge is 0.459 e. The number of aryl methyl sites for hydroxylation is 1. The second-order valence-electron chi connectivity index (χ2n) is 7.04. The molecule has 0 radical (unpaired) electrons. The Labute approximate surface area is 167 Å². The van der Waals surface area contributed by atoms with E-state index in [4.69, 9.17) is 4.42 Å². The number of rotatable bonds is 6. The molecule has 1 N–H and O–H groups in total. The van der Waals surface area contributed by atoms with Crippen LogP contribution in [0.5, 0.6) is 0 Å². The maximum absolute atomic E-state index is 12.5. The average molecular weight is 398 g/mol. The monoisotopic (exact) mass is 397 g/mol. The van der Waals surface area contributed by atoms with Crippen molar-refractivity contribution in [1.82, 2.24) is 15.2 Å². The summed E-state index contributed by atoms with van der Waals surface area (Å²) in [6.45, 7) is 1.74. The molecule has 2 amide bonds. The first kappa shape index (κ1) is 18.7. The Hall–Kier alpha value is -2.67. The van der Waals surface area contributed by atoms with E-state index in [0.29, 0.717) is 25.4 Å². The molecule has 1 unspecified atom stereocenters. The van der Waals surface area contributed by atoms with E-state index in [0.717, 1.165) is 36.2 Å². The summed E-state index contributed by atoms with van der Waals surface area (Å²) in [4.78, 5) is 31.3. The van der Waals surface area contributed by atoms with Gasteiger partial charge in [-0.05, 0) is 43.5 Å². The summed E-state index contributed by atoms with van der Waals surface area (Å²) < 4.78 is 6.39. The van der Waals surface area contributed by atoms with Gasteiger partial charge in [0.1, 0.15) is 0 Å². The smallest absolute Gasteiger partial charge is 0.289 e. The zero-order valence-electron chi connectivity index (χ0n) is 15.6. The molecule has 1 aliphatic rings. The number of hydrogen-bond acceptors (Lipinski definition) is 5. The predicted molar refractivity (Wildman–Crippen MR) is 108 cm³/mol. The van der Waals surface area contributed by atoms with Crippen LogP contribution < -0.4 is 5.32 Å². The molecule has 146 valence electrons. The van der Waals surface area contributed by atoms with E-state index < -0.39 is 0 Å². The quantitative estimate of drug-likeness (QED) is 0.646. The van der Waals surface area contributed by atoms with Gasteiger partial charge < -0.3 is 14.6 Å². The van der Waals surface area contributed by atoms with Crippen LogP contribution in [-0.4, -0.2) is 41.3 Å². The number of furan rings is 1. The van der Waals surface area contributed by atoms with Crippen molar-refractivity contribution in [2.75, 3.05) is 19.6 Å². The van der Waals surface area contributed by atoms with Gasteiger partial charge in [-0.2, -0.15) is 0 Å². The lowest BCUT2D eigenvalue weighted by atomic mass is 9.97. The average Bonchev–Trinajstić information content (AvgIpc) is 3.40. The topological polar surface area (TPSA) is 75.4 Å². The molecule has 28 heavy (non-hydrogen) atoms. The van der Waals surface area contributed by atoms with Crippen molar-refractivity contribution in [1.29, 1.82) is 0 Å². The molecule has 1 fully saturated rings. The number of aromatic nitrogens is 1. The van der Waals surface area contributed by atoms with Crippen LogP contribution in [-0.2, 0) is 11.2 Å². The molecule has 1 aliphatic heterocycles. The minimum Gasteiger partial charge on any atom is -0.459 e. The maximum Gasteiger partial charge on any atom is 0.289 e. The Balaban J connectivity index is 1.23. The van der Waals surface area contributed by atoms with Gasteiger partial charge in [-0.1, -0.05) is 12.1 Å². The summed E-state index contributed by atoms with van der Waals surface area (Å²) in [5.74, 6) is 0.0617. The first-order chi connectivity index (χ1) is 13.7. The lowest BCUT2D eigenvalue weighted by molar-refractivity contribution is -0.126. The van der Waals surface area contributed by atoms with Gasteiger partial charge in [0.15, 0.2) is 5.76 Å².